The van der Waals surface area contributed by atoms with Crippen LogP contribution < -0.4 is 5.73 Å². The molecule has 0 aliphatic rings. The van der Waals surface area contributed by atoms with Crippen molar-refractivity contribution in [2.75, 3.05) is 12.3 Å². The minimum atomic E-state index is -0.468. The third-order valence-electron chi connectivity index (χ3n) is 2.42. The van der Waals surface area contributed by atoms with Gasteiger partial charge in [0, 0.05) is 10.6 Å². The number of rotatable bonds is 4. The van der Waals surface area contributed by atoms with Crippen molar-refractivity contribution in [2.24, 2.45) is 5.41 Å². The second-order valence-corrected chi connectivity index (χ2v) is 5.76. The van der Waals surface area contributed by atoms with E-state index in [1.165, 1.54) is 11.3 Å². The minimum absolute atomic E-state index is 0.246. The second-order valence-electron chi connectivity index (χ2n) is 4.50. The van der Waals surface area contributed by atoms with Crippen LogP contribution in [0.2, 0.25) is 0 Å². The van der Waals surface area contributed by atoms with Gasteiger partial charge in [-0.3, -0.25) is 0 Å². The van der Waals surface area contributed by atoms with Gasteiger partial charge in [-0.15, -0.1) is 11.3 Å². The van der Waals surface area contributed by atoms with Gasteiger partial charge < -0.3 is 10.5 Å². The van der Waals surface area contributed by atoms with Crippen molar-refractivity contribution >= 4 is 23.0 Å². The average Bonchev–Trinajstić information content (AvgIpc) is 2.59. The minimum Gasteiger partial charge on any atom is -0.461 e. The van der Waals surface area contributed by atoms with E-state index in [9.17, 15) is 4.79 Å². The molecule has 0 aliphatic carbocycles. The summed E-state index contributed by atoms with van der Waals surface area (Å²) in [4.78, 5) is 13.1. The first-order chi connectivity index (χ1) is 7.85. The van der Waals surface area contributed by atoms with Crippen LogP contribution in [0.15, 0.2) is 6.07 Å². The number of hydrogen-bond donors (Lipinski definition) is 1. The number of anilines is 1. The van der Waals surface area contributed by atoms with Crippen molar-refractivity contribution in [1.82, 2.24) is 0 Å². The summed E-state index contributed by atoms with van der Waals surface area (Å²) in [5.74, 6) is -0.372. The number of nitrogens with two attached hydrogens (primary N) is 1. The number of carbonyl (C=O) groups excluding carboxylic acids is 1. The lowest BCUT2D eigenvalue weighted by Crippen LogP contribution is -2.14. The van der Waals surface area contributed by atoms with Crippen LogP contribution in [-0.2, 0) is 4.74 Å². The van der Waals surface area contributed by atoms with E-state index in [-0.39, 0.29) is 12.6 Å². The fourth-order valence-electron chi connectivity index (χ4n) is 1.12. The SMILES string of the molecule is Cc1sc(C(=O)OCCC(C)(C)C#N)cc1N. The van der Waals surface area contributed by atoms with Crippen molar-refractivity contribution in [3.8, 4) is 6.07 Å². The molecule has 0 amide bonds. The Morgan fingerprint density at radius 2 is 2.29 bits per heavy atom. The molecule has 2 N–H and O–H groups in total. The summed E-state index contributed by atoms with van der Waals surface area (Å²) in [5.41, 5.74) is 5.80. The van der Waals surface area contributed by atoms with Crippen LogP contribution >= 0.6 is 11.3 Å². The zero-order valence-corrected chi connectivity index (χ0v) is 11.1. The number of thiophene rings is 1. The van der Waals surface area contributed by atoms with Crippen LogP contribution in [0.25, 0.3) is 0 Å². The van der Waals surface area contributed by atoms with Gasteiger partial charge in [-0.05, 0) is 33.3 Å². The average molecular weight is 252 g/mol. The number of ether oxygens (including phenoxy) is 1. The smallest absolute Gasteiger partial charge is 0.348 e. The van der Waals surface area contributed by atoms with Crippen molar-refractivity contribution < 1.29 is 9.53 Å². The summed E-state index contributed by atoms with van der Waals surface area (Å²) in [5, 5.41) is 8.81. The molecule has 0 saturated carbocycles. The highest BCUT2D eigenvalue weighted by Crippen LogP contribution is 2.24. The zero-order valence-electron chi connectivity index (χ0n) is 10.2. The number of hydrogen-bond acceptors (Lipinski definition) is 5. The highest BCUT2D eigenvalue weighted by molar-refractivity contribution is 7.14. The Morgan fingerprint density at radius 3 is 2.76 bits per heavy atom. The molecule has 1 rings (SSSR count). The number of nitriles is 1. The Morgan fingerprint density at radius 1 is 1.65 bits per heavy atom. The number of nitrogens with zero attached hydrogens (tertiary/aromatic N) is 1. The molecule has 4 nitrogen and oxygen atoms in total. The van der Waals surface area contributed by atoms with Gasteiger partial charge in [-0.1, -0.05) is 0 Å². The van der Waals surface area contributed by atoms with Gasteiger partial charge >= 0.3 is 5.97 Å². The third-order valence-corrected chi connectivity index (χ3v) is 3.47. The molecule has 92 valence electrons. The van der Waals surface area contributed by atoms with E-state index in [0.717, 1.165) is 4.88 Å². The van der Waals surface area contributed by atoms with E-state index in [1.807, 2.05) is 20.8 Å². The Labute approximate surface area is 105 Å². The monoisotopic (exact) mass is 252 g/mol. The van der Waals surface area contributed by atoms with Crippen LogP contribution in [0.5, 0.6) is 0 Å². The van der Waals surface area contributed by atoms with E-state index in [1.54, 1.807) is 6.07 Å². The molecule has 0 aliphatic heterocycles. The van der Waals surface area contributed by atoms with E-state index in [4.69, 9.17) is 15.7 Å². The lowest BCUT2D eigenvalue weighted by atomic mass is 9.92. The van der Waals surface area contributed by atoms with Crippen LogP contribution in [0, 0.1) is 23.7 Å². The van der Waals surface area contributed by atoms with Crippen LogP contribution in [0.1, 0.15) is 34.8 Å². The molecule has 0 atom stereocenters. The predicted molar refractivity (Wildman–Crippen MR) is 67.8 cm³/mol. The van der Waals surface area contributed by atoms with Gasteiger partial charge in [0.2, 0.25) is 0 Å². The normalized spacial score (nSPS) is 10.9. The van der Waals surface area contributed by atoms with Crippen LogP contribution in [0.3, 0.4) is 0 Å². The quantitative estimate of drug-likeness (QED) is 0.836. The van der Waals surface area contributed by atoms with Gasteiger partial charge in [0.05, 0.1) is 18.1 Å². The second kappa shape index (κ2) is 5.19. The highest BCUT2D eigenvalue weighted by atomic mass is 32.1. The van der Waals surface area contributed by atoms with E-state index >= 15 is 0 Å². The predicted octanol–water partition coefficient (Wildman–Crippen LogP) is 2.74. The maximum Gasteiger partial charge on any atom is 0.348 e. The molecule has 0 saturated heterocycles. The maximum atomic E-state index is 11.6. The highest BCUT2D eigenvalue weighted by Gasteiger charge is 2.18. The molecule has 0 fully saturated rings. The largest absolute Gasteiger partial charge is 0.461 e. The molecule has 0 aromatic carbocycles. The van der Waals surface area contributed by atoms with Gasteiger partial charge in [0.1, 0.15) is 4.88 Å². The molecule has 1 aromatic heterocycles. The Balaban J connectivity index is 2.49. The molecule has 17 heavy (non-hydrogen) atoms. The standard InChI is InChI=1S/C12H16N2O2S/c1-8-9(14)6-10(17-8)11(15)16-5-4-12(2,3)7-13/h6H,4-5,14H2,1-3H3. The lowest BCUT2D eigenvalue weighted by molar-refractivity contribution is 0.0480. The van der Waals surface area contributed by atoms with Crippen molar-refractivity contribution in [2.45, 2.75) is 27.2 Å². The molecule has 5 heteroatoms. The van der Waals surface area contributed by atoms with E-state index in [0.29, 0.717) is 17.0 Å². The molecular weight excluding hydrogens is 236 g/mol. The Bertz CT molecular complexity index is 438. The fraction of sp³-hybridized carbons (Fsp3) is 0.500. The number of aryl methyl sites for hydroxylation is 1. The van der Waals surface area contributed by atoms with Gasteiger partial charge in [-0.2, -0.15) is 5.26 Å². The molecule has 0 bridgehead atoms. The van der Waals surface area contributed by atoms with Crippen LogP contribution in [-0.4, -0.2) is 12.6 Å². The summed E-state index contributed by atoms with van der Waals surface area (Å²) >= 11 is 1.32. The third kappa shape index (κ3) is 3.75. The number of nitrogen functional groups attached to an aromatic ring is 1. The number of esters is 1. The topological polar surface area (TPSA) is 76.1 Å². The van der Waals surface area contributed by atoms with E-state index in [2.05, 4.69) is 6.07 Å². The molecule has 0 radical (unpaired) electrons. The molecule has 1 heterocycles. The molecule has 0 unspecified atom stereocenters. The van der Waals surface area contributed by atoms with Gasteiger partial charge in [0.25, 0.3) is 0 Å². The van der Waals surface area contributed by atoms with Crippen LogP contribution in [0.4, 0.5) is 5.69 Å². The summed E-state index contributed by atoms with van der Waals surface area (Å²) in [6.45, 7) is 5.73. The lowest BCUT2D eigenvalue weighted by Gasteiger charge is -2.14. The molecule has 1 aromatic rings. The maximum absolute atomic E-state index is 11.6. The first kappa shape index (κ1) is 13.5. The zero-order chi connectivity index (χ0) is 13.1. The summed E-state index contributed by atoms with van der Waals surface area (Å²) in [6, 6.07) is 3.78. The summed E-state index contributed by atoms with van der Waals surface area (Å²) in [7, 11) is 0. The van der Waals surface area contributed by atoms with Crippen molar-refractivity contribution in [3.63, 3.8) is 0 Å². The first-order valence-electron chi connectivity index (χ1n) is 5.30. The molecule has 0 spiro atoms. The first-order valence-corrected chi connectivity index (χ1v) is 6.11. The van der Waals surface area contributed by atoms with E-state index < -0.39 is 5.41 Å². The van der Waals surface area contributed by atoms with Crippen molar-refractivity contribution in [3.05, 3.63) is 15.8 Å². The van der Waals surface area contributed by atoms with Gasteiger partial charge in [-0.25, -0.2) is 4.79 Å². The summed E-state index contributed by atoms with van der Waals surface area (Å²) in [6.07, 6.45) is 0.523. The van der Waals surface area contributed by atoms with Crippen molar-refractivity contribution in [1.29, 1.82) is 5.26 Å². The van der Waals surface area contributed by atoms with Gasteiger partial charge in [0.15, 0.2) is 0 Å². The number of carbonyl (C=O) groups is 1. The Hall–Kier alpha value is -1.54. The fourth-order valence-corrected chi connectivity index (χ4v) is 1.96. The summed E-state index contributed by atoms with van der Waals surface area (Å²) < 4.78 is 5.10. The molecular formula is C12H16N2O2S. The Kier molecular flexibility index (Phi) is 4.13.